The van der Waals surface area contributed by atoms with E-state index in [2.05, 4.69) is 20.6 Å². The number of nitrogens with one attached hydrogen (secondary N) is 1. The molecule has 1 aromatic heterocycles. The number of rotatable bonds is 3. The van der Waals surface area contributed by atoms with Crippen LogP contribution in [-0.4, -0.2) is 41.6 Å². The van der Waals surface area contributed by atoms with Gasteiger partial charge in [-0.25, -0.2) is 4.98 Å². The molecule has 0 bridgehead atoms. The van der Waals surface area contributed by atoms with Crippen LogP contribution in [-0.2, 0) is 6.42 Å². The fourth-order valence-corrected chi connectivity index (χ4v) is 4.04. The van der Waals surface area contributed by atoms with Crippen LogP contribution in [0.3, 0.4) is 0 Å². The monoisotopic (exact) mass is 265 g/mol. The predicted molar refractivity (Wildman–Crippen MR) is 76.1 cm³/mol. The highest BCUT2D eigenvalue weighted by Crippen LogP contribution is 2.30. The van der Waals surface area contributed by atoms with E-state index in [1.165, 1.54) is 56.7 Å². The van der Waals surface area contributed by atoms with Gasteiger partial charge in [0.05, 0.1) is 5.01 Å². The van der Waals surface area contributed by atoms with Gasteiger partial charge in [0.1, 0.15) is 0 Å². The van der Waals surface area contributed by atoms with Crippen LogP contribution >= 0.6 is 11.3 Å². The SMILES string of the molecule is c1csc(CCN2CCNC3(CCCCC3)C2)n1. The first-order valence-electron chi connectivity index (χ1n) is 7.22. The van der Waals surface area contributed by atoms with Crippen molar-refractivity contribution in [3.8, 4) is 0 Å². The van der Waals surface area contributed by atoms with Gasteiger partial charge in [-0.05, 0) is 12.8 Å². The van der Waals surface area contributed by atoms with Gasteiger partial charge in [-0.2, -0.15) is 0 Å². The lowest BCUT2D eigenvalue weighted by Crippen LogP contribution is -2.61. The summed E-state index contributed by atoms with van der Waals surface area (Å²) in [5.41, 5.74) is 0.444. The van der Waals surface area contributed by atoms with Crippen LogP contribution in [0.2, 0.25) is 0 Å². The first-order chi connectivity index (χ1) is 8.86. The molecule has 3 nitrogen and oxygen atoms in total. The zero-order valence-electron chi connectivity index (χ0n) is 11.0. The van der Waals surface area contributed by atoms with E-state index in [9.17, 15) is 0 Å². The van der Waals surface area contributed by atoms with Crippen LogP contribution < -0.4 is 5.32 Å². The molecular weight excluding hydrogens is 242 g/mol. The van der Waals surface area contributed by atoms with Gasteiger partial charge in [0.15, 0.2) is 0 Å². The van der Waals surface area contributed by atoms with Crippen molar-refractivity contribution in [3.63, 3.8) is 0 Å². The third kappa shape index (κ3) is 2.92. The fraction of sp³-hybridized carbons (Fsp3) is 0.786. The molecule has 1 N–H and O–H groups in total. The molecule has 2 heterocycles. The highest BCUT2D eigenvalue weighted by atomic mass is 32.1. The Morgan fingerprint density at radius 2 is 2.22 bits per heavy atom. The summed E-state index contributed by atoms with van der Waals surface area (Å²) in [7, 11) is 0. The lowest BCUT2D eigenvalue weighted by molar-refractivity contribution is 0.100. The minimum atomic E-state index is 0.444. The summed E-state index contributed by atoms with van der Waals surface area (Å²) in [6.45, 7) is 4.79. The van der Waals surface area contributed by atoms with Crippen LogP contribution in [0.25, 0.3) is 0 Å². The van der Waals surface area contributed by atoms with E-state index < -0.39 is 0 Å². The molecule has 0 atom stereocenters. The standard InChI is InChI=1S/C14H23N3S/c1-2-5-14(6-3-1)12-17(10-7-16-14)9-4-13-15-8-11-18-13/h8,11,16H,1-7,9-10,12H2. The van der Waals surface area contributed by atoms with E-state index >= 15 is 0 Å². The smallest absolute Gasteiger partial charge is 0.0937 e. The minimum absolute atomic E-state index is 0.444. The lowest BCUT2D eigenvalue weighted by atomic mass is 9.80. The zero-order chi connectivity index (χ0) is 12.3. The maximum Gasteiger partial charge on any atom is 0.0937 e. The van der Waals surface area contributed by atoms with Crippen molar-refractivity contribution >= 4 is 11.3 Å². The summed E-state index contributed by atoms with van der Waals surface area (Å²) < 4.78 is 0. The molecule has 1 saturated heterocycles. The first-order valence-corrected chi connectivity index (χ1v) is 8.10. The van der Waals surface area contributed by atoms with Crippen LogP contribution in [0.15, 0.2) is 11.6 Å². The van der Waals surface area contributed by atoms with E-state index in [1.54, 1.807) is 11.3 Å². The highest BCUT2D eigenvalue weighted by molar-refractivity contribution is 7.09. The summed E-state index contributed by atoms with van der Waals surface area (Å²) in [6.07, 6.45) is 10.0. The van der Waals surface area contributed by atoms with E-state index in [1.807, 2.05) is 6.20 Å². The summed E-state index contributed by atoms with van der Waals surface area (Å²) in [6, 6.07) is 0. The molecule has 0 aromatic carbocycles. The molecule has 0 unspecified atom stereocenters. The second-order valence-electron chi connectivity index (χ2n) is 5.72. The van der Waals surface area contributed by atoms with Gasteiger partial charge >= 0.3 is 0 Å². The average Bonchev–Trinajstić information content (AvgIpc) is 2.91. The Morgan fingerprint density at radius 1 is 1.33 bits per heavy atom. The van der Waals surface area contributed by atoms with Crippen molar-refractivity contribution in [2.75, 3.05) is 26.2 Å². The van der Waals surface area contributed by atoms with E-state index in [0.29, 0.717) is 5.54 Å². The van der Waals surface area contributed by atoms with E-state index in [0.717, 1.165) is 13.0 Å². The maximum atomic E-state index is 4.38. The van der Waals surface area contributed by atoms with Gasteiger partial charge in [-0.3, -0.25) is 4.90 Å². The lowest BCUT2D eigenvalue weighted by Gasteiger charge is -2.46. The van der Waals surface area contributed by atoms with Gasteiger partial charge in [-0.1, -0.05) is 19.3 Å². The largest absolute Gasteiger partial charge is 0.309 e. The molecule has 1 aliphatic heterocycles. The van der Waals surface area contributed by atoms with Crippen LogP contribution in [0, 0.1) is 0 Å². The second kappa shape index (κ2) is 5.68. The molecule has 2 aliphatic rings. The summed E-state index contributed by atoms with van der Waals surface area (Å²) in [5.74, 6) is 0. The third-order valence-corrected chi connectivity index (χ3v) is 5.23. The van der Waals surface area contributed by atoms with Crippen LogP contribution in [0.1, 0.15) is 37.1 Å². The Kier molecular flexibility index (Phi) is 3.97. The molecular formula is C14H23N3S. The first kappa shape index (κ1) is 12.6. The van der Waals surface area contributed by atoms with Gasteiger partial charge in [0.25, 0.3) is 0 Å². The summed E-state index contributed by atoms with van der Waals surface area (Å²) in [4.78, 5) is 7.02. The van der Waals surface area contributed by atoms with Gasteiger partial charge < -0.3 is 5.32 Å². The van der Waals surface area contributed by atoms with Crippen molar-refractivity contribution in [1.82, 2.24) is 15.2 Å². The van der Waals surface area contributed by atoms with Crippen molar-refractivity contribution in [2.24, 2.45) is 0 Å². The molecule has 2 fully saturated rings. The number of aromatic nitrogens is 1. The van der Waals surface area contributed by atoms with Crippen LogP contribution in [0.5, 0.6) is 0 Å². The molecule has 0 amide bonds. The van der Waals surface area contributed by atoms with Crippen molar-refractivity contribution in [2.45, 2.75) is 44.1 Å². The number of nitrogens with zero attached hydrogens (tertiary/aromatic N) is 2. The highest BCUT2D eigenvalue weighted by Gasteiger charge is 2.35. The number of hydrogen-bond donors (Lipinski definition) is 1. The maximum absolute atomic E-state index is 4.38. The summed E-state index contributed by atoms with van der Waals surface area (Å²) in [5, 5.41) is 7.17. The normalized spacial score (nSPS) is 24.4. The molecule has 1 aliphatic carbocycles. The van der Waals surface area contributed by atoms with Crippen LogP contribution in [0.4, 0.5) is 0 Å². The molecule has 3 rings (SSSR count). The zero-order valence-corrected chi connectivity index (χ0v) is 11.8. The molecule has 1 spiro atoms. The van der Waals surface area contributed by atoms with Gasteiger partial charge in [0, 0.05) is 49.7 Å². The molecule has 4 heteroatoms. The Morgan fingerprint density at radius 3 is 3.00 bits per heavy atom. The summed E-state index contributed by atoms with van der Waals surface area (Å²) >= 11 is 1.79. The van der Waals surface area contributed by atoms with Crippen molar-refractivity contribution in [1.29, 1.82) is 0 Å². The van der Waals surface area contributed by atoms with E-state index in [-0.39, 0.29) is 0 Å². The van der Waals surface area contributed by atoms with Crippen molar-refractivity contribution < 1.29 is 0 Å². The number of hydrogen-bond acceptors (Lipinski definition) is 4. The Hall–Kier alpha value is -0.450. The fourth-order valence-electron chi connectivity index (χ4n) is 3.43. The number of thiazole rings is 1. The topological polar surface area (TPSA) is 28.2 Å². The minimum Gasteiger partial charge on any atom is -0.309 e. The number of piperazine rings is 1. The Labute approximate surface area is 114 Å². The molecule has 100 valence electrons. The van der Waals surface area contributed by atoms with Gasteiger partial charge in [0.2, 0.25) is 0 Å². The van der Waals surface area contributed by atoms with E-state index in [4.69, 9.17) is 0 Å². The Balaban J connectivity index is 1.53. The molecule has 1 saturated carbocycles. The third-order valence-electron chi connectivity index (χ3n) is 4.39. The van der Waals surface area contributed by atoms with Crippen molar-refractivity contribution in [3.05, 3.63) is 16.6 Å². The Bertz CT molecular complexity index is 352. The van der Waals surface area contributed by atoms with Gasteiger partial charge in [-0.15, -0.1) is 11.3 Å². The predicted octanol–water partition coefficient (Wildman–Crippen LogP) is 2.29. The second-order valence-corrected chi connectivity index (χ2v) is 6.70. The average molecular weight is 265 g/mol. The molecule has 1 aromatic rings. The molecule has 0 radical (unpaired) electrons. The molecule has 18 heavy (non-hydrogen) atoms. The quantitative estimate of drug-likeness (QED) is 0.909.